The maximum Gasteiger partial charge on any atom is 0.254 e. The zero-order valence-corrected chi connectivity index (χ0v) is 15.8. The van der Waals surface area contributed by atoms with Crippen molar-refractivity contribution in [2.45, 2.75) is 4.90 Å². The first-order valence-corrected chi connectivity index (χ1v) is 9.07. The predicted molar refractivity (Wildman–Crippen MR) is 102 cm³/mol. The molecule has 0 bridgehead atoms. The number of thioether (sulfide) groups is 1. The van der Waals surface area contributed by atoms with Gasteiger partial charge in [0.25, 0.3) is 5.91 Å². The topological polar surface area (TPSA) is 58.6 Å². The second-order valence-corrected chi connectivity index (χ2v) is 6.60. The highest BCUT2D eigenvalue weighted by Crippen LogP contribution is 2.27. The standard InChI is InChI=1S/C18H19ClN2O3S/c1-21(18(23)12-4-7-14(25-3)8-5-12)11-17(22)20-15-10-13(19)6-9-16(15)24-2/h4-10H,11H2,1-3H3,(H,20,22). The highest BCUT2D eigenvalue weighted by Gasteiger charge is 2.16. The quantitative estimate of drug-likeness (QED) is 0.777. The fraction of sp³-hybridized carbons (Fsp3) is 0.222. The molecular weight excluding hydrogens is 360 g/mol. The average molecular weight is 379 g/mol. The van der Waals surface area contributed by atoms with Gasteiger partial charge in [-0.15, -0.1) is 11.8 Å². The largest absolute Gasteiger partial charge is 0.495 e. The fourth-order valence-electron chi connectivity index (χ4n) is 2.21. The minimum absolute atomic E-state index is 0.0845. The van der Waals surface area contributed by atoms with E-state index in [0.717, 1.165) is 4.90 Å². The van der Waals surface area contributed by atoms with E-state index < -0.39 is 0 Å². The molecule has 0 saturated carbocycles. The number of anilines is 1. The Balaban J connectivity index is 2.01. The van der Waals surface area contributed by atoms with Gasteiger partial charge in [-0.1, -0.05) is 11.6 Å². The molecule has 0 aromatic heterocycles. The first-order valence-electron chi connectivity index (χ1n) is 7.47. The molecule has 7 heteroatoms. The Bertz CT molecular complexity index is 765. The van der Waals surface area contributed by atoms with Crippen LogP contribution >= 0.6 is 23.4 Å². The Morgan fingerprint density at radius 3 is 2.48 bits per heavy atom. The van der Waals surface area contributed by atoms with E-state index in [1.165, 1.54) is 12.0 Å². The van der Waals surface area contributed by atoms with Crippen molar-refractivity contribution in [1.82, 2.24) is 4.90 Å². The van der Waals surface area contributed by atoms with E-state index in [4.69, 9.17) is 16.3 Å². The van der Waals surface area contributed by atoms with Gasteiger partial charge in [-0.2, -0.15) is 0 Å². The first-order chi connectivity index (χ1) is 11.9. The van der Waals surface area contributed by atoms with Crippen LogP contribution in [0.25, 0.3) is 0 Å². The van der Waals surface area contributed by atoms with Crippen molar-refractivity contribution in [3.63, 3.8) is 0 Å². The number of methoxy groups -OCH3 is 1. The van der Waals surface area contributed by atoms with Gasteiger partial charge in [-0.3, -0.25) is 9.59 Å². The number of halogens is 1. The summed E-state index contributed by atoms with van der Waals surface area (Å²) >= 11 is 7.55. The predicted octanol–water partition coefficient (Wildman–Crippen LogP) is 3.78. The smallest absolute Gasteiger partial charge is 0.254 e. The highest BCUT2D eigenvalue weighted by molar-refractivity contribution is 7.98. The summed E-state index contributed by atoms with van der Waals surface area (Å²) in [6.07, 6.45) is 1.97. The lowest BCUT2D eigenvalue weighted by molar-refractivity contribution is -0.116. The maximum absolute atomic E-state index is 12.4. The van der Waals surface area contributed by atoms with Crippen molar-refractivity contribution in [2.75, 3.05) is 32.3 Å². The molecular formula is C18H19ClN2O3S. The Hall–Kier alpha value is -2.18. The van der Waals surface area contributed by atoms with Crippen molar-refractivity contribution < 1.29 is 14.3 Å². The summed E-state index contributed by atoms with van der Waals surface area (Å²) in [5.41, 5.74) is 0.999. The normalized spacial score (nSPS) is 10.2. The van der Waals surface area contributed by atoms with E-state index in [1.807, 2.05) is 18.4 Å². The summed E-state index contributed by atoms with van der Waals surface area (Å²) in [6.45, 7) is -0.0845. The van der Waals surface area contributed by atoms with Gasteiger partial charge in [0.1, 0.15) is 5.75 Å². The molecule has 0 aliphatic carbocycles. The minimum atomic E-state index is -0.336. The SMILES string of the molecule is COc1ccc(Cl)cc1NC(=O)CN(C)C(=O)c1ccc(SC)cc1. The van der Waals surface area contributed by atoms with Crippen LogP contribution in [0.5, 0.6) is 5.75 Å². The number of hydrogen-bond donors (Lipinski definition) is 1. The van der Waals surface area contributed by atoms with Gasteiger partial charge in [-0.25, -0.2) is 0 Å². The molecule has 5 nitrogen and oxygen atoms in total. The third-order valence-electron chi connectivity index (χ3n) is 3.50. The maximum atomic E-state index is 12.4. The Morgan fingerprint density at radius 2 is 1.88 bits per heavy atom. The van der Waals surface area contributed by atoms with Crippen molar-refractivity contribution in [1.29, 1.82) is 0 Å². The number of carbonyl (C=O) groups excluding carboxylic acids is 2. The Labute approximate surface area is 156 Å². The summed E-state index contributed by atoms with van der Waals surface area (Å²) in [5.74, 6) is -0.0580. The lowest BCUT2D eigenvalue weighted by atomic mass is 10.2. The van der Waals surface area contributed by atoms with Crippen LogP contribution in [0.3, 0.4) is 0 Å². The molecule has 0 aliphatic heterocycles. The van der Waals surface area contributed by atoms with E-state index in [-0.39, 0.29) is 18.4 Å². The number of nitrogens with one attached hydrogen (secondary N) is 1. The number of nitrogens with zero attached hydrogens (tertiary/aromatic N) is 1. The second kappa shape index (κ2) is 8.78. The summed E-state index contributed by atoms with van der Waals surface area (Å²) in [4.78, 5) is 27.1. The molecule has 0 heterocycles. The lowest BCUT2D eigenvalue weighted by Gasteiger charge is -2.18. The van der Waals surface area contributed by atoms with Gasteiger partial charge in [0, 0.05) is 22.5 Å². The molecule has 0 saturated heterocycles. The van der Waals surface area contributed by atoms with Crippen molar-refractivity contribution >= 4 is 40.9 Å². The minimum Gasteiger partial charge on any atom is -0.495 e. The molecule has 25 heavy (non-hydrogen) atoms. The zero-order valence-electron chi connectivity index (χ0n) is 14.2. The molecule has 0 aliphatic rings. The monoisotopic (exact) mass is 378 g/mol. The van der Waals surface area contributed by atoms with E-state index in [9.17, 15) is 9.59 Å². The first kappa shape index (κ1) is 19.1. The number of amides is 2. The van der Waals surface area contributed by atoms with E-state index in [1.54, 1.807) is 49.1 Å². The highest BCUT2D eigenvalue weighted by atomic mass is 35.5. The summed E-state index contributed by atoms with van der Waals surface area (Å²) < 4.78 is 5.19. The molecule has 2 amide bonds. The molecule has 132 valence electrons. The Morgan fingerprint density at radius 1 is 1.20 bits per heavy atom. The zero-order chi connectivity index (χ0) is 18.4. The molecule has 0 radical (unpaired) electrons. The molecule has 1 N–H and O–H groups in total. The number of benzene rings is 2. The van der Waals surface area contributed by atoms with E-state index in [0.29, 0.717) is 22.0 Å². The van der Waals surface area contributed by atoms with Crippen LogP contribution in [0.1, 0.15) is 10.4 Å². The number of carbonyl (C=O) groups is 2. The van der Waals surface area contributed by atoms with Crippen LogP contribution in [-0.4, -0.2) is 43.7 Å². The molecule has 0 atom stereocenters. The van der Waals surface area contributed by atoms with Crippen LogP contribution in [0.2, 0.25) is 5.02 Å². The van der Waals surface area contributed by atoms with Crippen LogP contribution in [0.4, 0.5) is 5.69 Å². The van der Waals surface area contributed by atoms with Crippen molar-refractivity contribution in [3.8, 4) is 5.75 Å². The third kappa shape index (κ3) is 5.14. The second-order valence-electron chi connectivity index (χ2n) is 5.28. The van der Waals surface area contributed by atoms with Gasteiger partial charge in [-0.05, 0) is 48.7 Å². The van der Waals surface area contributed by atoms with Gasteiger partial charge in [0.15, 0.2) is 0 Å². The van der Waals surface area contributed by atoms with Crippen LogP contribution < -0.4 is 10.1 Å². The van der Waals surface area contributed by atoms with Gasteiger partial charge in [0.05, 0.1) is 19.3 Å². The third-order valence-corrected chi connectivity index (χ3v) is 4.48. The molecule has 2 aromatic carbocycles. The molecule has 2 aromatic rings. The molecule has 0 fully saturated rings. The lowest BCUT2D eigenvalue weighted by Crippen LogP contribution is -2.35. The average Bonchev–Trinajstić information content (AvgIpc) is 2.61. The Kier molecular flexibility index (Phi) is 6.73. The summed E-state index contributed by atoms with van der Waals surface area (Å²) in [5, 5.41) is 3.19. The van der Waals surface area contributed by atoms with E-state index in [2.05, 4.69) is 5.32 Å². The van der Waals surface area contributed by atoms with Crippen LogP contribution in [0, 0.1) is 0 Å². The molecule has 0 spiro atoms. The number of hydrogen-bond acceptors (Lipinski definition) is 4. The number of rotatable bonds is 6. The molecule has 2 rings (SSSR count). The van der Waals surface area contributed by atoms with Gasteiger partial charge < -0.3 is 15.0 Å². The van der Waals surface area contributed by atoms with Crippen molar-refractivity contribution in [3.05, 3.63) is 53.1 Å². The van der Waals surface area contributed by atoms with Crippen LogP contribution in [-0.2, 0) is 4.79 Å². The van der Waals surface area contributed by atoms with E-state index >= 15 is 0 Å². The van der Waals surface area contributed by atoms with Gasteiger partial charge in [0.2, 0.25) is 5.91 Å². The van der Waals surface area contributed by atoms with Gasteiger partial charge >= 0.3 is 0 Å². The number of likely N-dealkylation sites (N-methyl/N-ethyl adjacent to an activating group) is 1. The number of ether oxygens (including phenoxy) is 1. The van der Waals surface area contributed by atoms with Crippen LogP contribution in [0.15, 0.2) is 47.4 Å². The fourth-order valence-corrected chi connectivity index (χ4v) is 2.79. The summed E-state index contributed by atoms with van der Waals surface area (Å²) in [7, 11) is 3.09. The molecule has 0 unspecified atom stereocenters. The van der Waals surface area contributed by atoms with Crippen molar-refractivity contribution in [2.24, 2.45) is 0 Å². The summed E-state index contributed by atoms with van der Waals surface area (Å²) in [6, 6.07) is 12.2.